The van der Waals surface area contributed by atoms with Crippen molar-refractivity contribution in [3.63, 3.8) is 0 Å². The molecule has 0 aliphatic carbocycles. The van der Waals surface area contributed by atoms with Crippen molar-refractivity contribution in [2.24, 2.45) is 0 Å². The van der Waals surface area contributed by atoms with Crippen molar-refractivity contribution >= 4 is 22.2 Å². The van der Waals surface area contributed by atoms with Crippen LogP contribution in [0.4, 0.5) is 0 Å². The predicted octanol–water partition coefficient (Wildman–Crippen LogP) is 2.22. The van der Waals surface area contributed by atoms with Gasteiger partial charge in [0.25, 0.3) is 0 Å². The zero-order valence-corrected chi connectivity index (χ0v) is 7.87. The number of benzene rings is 1. The van der Waals surface area contributed by atoms with Crippen molar-refractivity contribution in [1.82, 2.24) is 0 Å². The highest BCUT2D eigenvalue weighted by Crippen LogP contribution is 2.30. The minimum absolute atomic E-state index is 0.363. The van der Waals surface area contributed by atoms with Gasteiger partial charge in [0.2, 0.25) is 0 Å². The molecule has 1 atom stereocenters. The third kappa shape index (κ3) is 1.19. The quantitative estimate of drug-likeness (QED) is 0.687. The fourth-order valence-corrected chi connectivity index (χ4v) is 1.72. The first-order valence-corrected chi connectivity index (χ1v) is 4.46. The number of hydrogen-bond acceptors (Lipinski definition) is 2. The summed E-state index contributed by atoms with van der Waals surface area (Å²) in [6.07, 6.45) is 0.468. The first-order chi connectivity index (χ1) is 5.81. The summed E-state index contributed by atoms with van der Waals surface area (Å²) < 4.78 is 6.22. The van der Waals surface area contributed by atoms with Gasteiger partial charge < -0.3 is 9.53 Å². The molecule has 0 N–H and O–H groups in total. The van der Waals surface area contributed by atoms with Gasteiger partial charge in [-0.1, -0.05) is 22.0 Å². The topological polar surface area (TPSA) is 26.3 Å². The summed E-state index contributed by atoms with van der Waals surface area (Å²) in [5.74, 6) is 0. The third-order valence-corrected chi connectivity index (χ3v) is 2.45. The van der Waals surface area contributed by atoms with Gasteiger partial charge in [-0.15, -0.1) is 0 Å². The van der Waals surface area contributed by atoms with Gasteiger partial charge in [0.1, 0.15) is 6.10 Å². The molecule has 1 aliphatic rings. The predicted molar refractivity (Wildman–Crippen MR) is 47.7 cm³/mol. The van der Waals surface area contributed by atoms with Crippen LogP contribution in [0.2, 0.25) is 0 Å². The molecule has 1 aliphatic heterocycles. The maximum Gasteiger partial charge on any atom is 0.153 e. The van der Waals surface area contributed by atoms with Crippen molar-refractivity contribution in [3.8, 4) is 0 Å². The number of hydrogen-bond donors (Lipinski definition) is 0. The van der Waals surface area contributed by atoms with Gasteiger partial charge in [-0.2, -0.15) is 0 Å². The average Bonchev–Trinajstić information content (AvgIpc) is 2.46. The highest BCUT2D eigenvalue weighted by Gasteiger charge is 2.22. The van der Waals surface area contributed by atoms with Crippen molar-refractivity contribution in [2.45, 2.75) is 12.7 Å². The molecule has 3 heteroatoms. The maximum absolute atomic E-state index is 10.5. The second-order valence-electron chi connectivity index (χ2n) is 2.71. The molecule has 0 aromatic heterocycles. The second kappa shape index (κ2) is 2.99. The molecule has 0 saturated carbocycles. The van der Waals surface area contributed by atoms with Gasteiger partial charge in [0, 0.05) is 4.47 Å². The SMILES string of the molecule is O=CC1OCc2ccc(Br)cc21. The Morgan fingerprint density at radius 3 is 3.17 bits per heavy atom. The molecule has 0 amide bonds. The van der Waals surface area contributed by atoms with Crippen LogP contribution in [0.5, 0.6) is 0 Å². The number of fused-ring (bicyclic) bond motifs is 1. The zero-order chi connectivity index (χ0) is 8.55. The van der Waals surface area contributed by atoms with Crippen molar-refractivity contribution in [1.29, 1.82) is 0 Å². The summed E-state index contributed by atoms with van der Waals surface area (Å²) in [4.78, 5) is 10.5. The fraction of sp³-hybridized carbons (Fsp3) is 0.222. The number of halogens is 1. The first kappa shape index (κ1) is 7.95. The van der Waals surface area contributed by atoms with E-state index in [4.69, 9.17) is 4.74 Å². The molecule has 1 aromatic rings. The fourth-order valence-electron chi connectivity index (χ4n) is 1.34. The van der Waals surface area contributed by atoms with Crippen LogP contribution >= 0.6 is 15.9 Å². The van der Waals surface area contributed by atoms with Gasteiger partial charge in [0.05, 0.1) is 6.61 Å². The summed E-state index contributed by atoms with van der Waals surface area (Å²) in [6.45, 7) is 0.548. The molecule has 0 radical (unpaired) electrons. The van der Waals surface area contributed by atoms with Crippen LogP contribution in [-0.2, 0) is 16.1 Å². The molecular formula is C9H7BrO2. The number of rotatable bonds is 1. The van der Waals surface area contributed by atoms with E-state index in [0.717, 1.165) is 21.9 Å². The molecule has 1 heterocycles. The van der Waals surface area contributed by atoms with E-state index >= 15 is 0 Å². The Morgan fingerprint density at radius 2 is 2.42 bits per heavy atom. The van der Waals surface area contributed by atoms with Crippen LogP contribution in [-0.4, -0.2) is 6.29 Å². The average molecular weight is 227 g/mol. The van der Waals surface area contributed by atoms with Gasteiger partial charge >= 0.3 is 0 Å². The summed E-state index contributed by atoms with van der Waals surface area (Å²) in [5.41, 5.74) is 2.09. The van der Waals surface area contributed by atoms with Crippen molar-refractivity contribution in [2.75, 3.05) is 0 Å². The lowest BCUT2D eigenvalue weighted by Gasteiger charge is -2.01. The second-order valence-corrected chi connectivity index (χ2v) is 3.63. The first-order valence-electron chi connectivity index (χ1n) is 3.66. The minimum Gasteiger partial charge on any atom is -0.361 e. The van der Waals surface area contributed by atoms with E-state index in [1.54, 1.807) is 0 Å². The summed E-state index contributed by atoms with van der Waals surface area (Å²) in [6, 6.07) is 5.86. The Kier molecular flexibility index (Phi) is 1.98. The molecule has 1 aromatic carbocycles. The van der Waals surface area contributed by atoms with E-state index in [0.29, 0.717) is 6.61 Å². The lowest BCUT2D eigenvalue weighted by molar-refractivity contribution is -0.117. The highest BCUT2D eigenvalue weighted by atomic mass is 79.9. The molecule has 0 spiro atoms. The smallest absolute Gasteiger partial charge is 0.153 e. The summed E-state index contributed by atoms with van der Waals surface area (Å²) in [5, 5.41) is 0. The van der Waals surface area contributed by atoms with Gasteiger partial charge in [-0.05, 0) is 23.3 Å². The van der Waals surface area contributed by atoms with Crippen LogP contribution in [0, 0.1) is 0 Å². The molecule has 62 valence electrons. The molecule has 1 unspecified atom stereocenters. The van der Waals surface area contributed by atoms with Crippen LogP contribution in [0.3, 0.4) is 0 Å². The number of ether oxygens (including phenoxy) is 1. The van der Waals surface area contributed by atoms with E-state index in [-0.39, 0.29) is 6.10 Å². The maximum atomic E-state index is 10.5. The molecule has 2 nitrogen and oxygen atoms in total. The molecule has 0 fully saturated rings. The van der Waals surface area contributed by atoms with Crippen LogP contribution in [0.15, 0.2) is 22.7 Å². The zero-order valence-electron chi connectivity index (χ0n) is 6.29. The summed E-state index contributed by atoms with van der Waals surface area (Å²) >= 11 is 3.35. The molecule has 12 heavy (non-hydrogen) atoms. The number of carbonyl (C=O) groups is 1. The van der Waals surface area contributed by atoms with Crippen LogP contribution in [0.25, 0.3) is 0 Å². The van der Waals surface area contributed by atoms with E-state index in [1.807, 2.05) is 18.2 Å². The molecule has 0 saturated heterocycles. The van der Waals surface area contributed by atoms with Gasteiger partial charge in [-0.3, -0.25) is 0 Å². The number of aldehydes is 1. The largest absolute Gasteiger partial charge is 0.361 e. The van der Waals surface area contributed by atoms with Crippen molar-refractivity contribution in [3.05, 3.63) is 33.8 Å². The van der Waals surface area contributed by atoms with E-state index < -0.39 is 0 Å². The Morgan fingerprint density at radius 1 is 1.58 bits per heavy atom. The third-order valence-electron chi connectivity index (χ3n) is 1.96. The van der Waals surface area contributed by atoms with E-state index in [1.165, 1.54) is 0 Å². The normalized spacial score (nSPS) is 20.6. The lowest BCUT2D eigenvalue weighted by atomic mass is 10.1. The Balaban J connectivity index is 2.49. The Hall–Kier alpha value is -0.670. The van der Waals surface area contributed by atoms with Crippen molar-refractivity contribution < 1.29 is 9.53 Å². The van der Waals surface area contributed by atoms with Gasteiger partial charge in [0.15, 0.2) is 6.29 Å². The minimum atomic E-state index is -0.363. The standard InChI is InChI=1S/C9H7BrO2/c10-7-2-1-6-5-12-9(4-11)8(6)3-7/h1-4,9H,5H2. The van der Waals surface area contributed by atoms with Gasteiger partial charge in [-0.25, -0.2) is 0 Å². The van der Waals surface area contributed by atoms with Crippen LogP contribution < -0.4 is 0 Å². The molecular weight excluding hydrogens is 220 g/mol. The molecule has 0 bridgehead atoms. The Labute approximate surface area is 78.7 Å². The number of carbonyl (C=O) groups excluding carboxylic acids is 1. The summed E-state index contributed by atoms with van der Waals surface area (Å²) in [7, 11) is 0. The van der Waals surface area contributed by atoms with E-state index in [2.05, 4.69) is 15.9 Å². The van der Waals surface area contributed by atoms with Crippen LogP contribution in [0.1, 0.15) is 17.2 Å². The molecule has 2 rings (SSSR count). The highest BCUT2D eigenvalue weighted by molar-refractivity contribution is 9.10. The lowest BCUT2D eigenvalue weighted by Crippen LogP contribution is -1.95. The monoisotopic (exact) mass is 226 g/mol. The Bertz CT molecular complexity index is 322. The van der Waals surface area contributed by atoms with E-state index in [9.17, 15) is 4.79 Å².